The number of halogens is 1. The van der Waals surface area contributed by atoms with Gasteiger partial charge in [0.15, 0.2) is 15.3 Å². The molecule has 0 radical (unpaired) electrons. The Morgan fingerprint density at radius 3 is 1.34 bits per heavy atom. The van der Waals surface area contributed by atoms with Crippen LogP contribution in [0.1, 0.15) is 64.9 Å². The Bertz CT molecular complexity index is 837. The Kier molecular flexibility index (Phi) is 7.06. The quantitative estimate of drug-likeness (QED) is 0.366. The Balaban J connectivity index is 1.80. The second-order valence-corrected chi connectivity index (χ2v) is 15.1. The summed E-state index contributed by atoms with van der Waals surface area (Å²) in [7, 11) is 0. The molecule has 3 nitrogen and oxygen atoms in total. The van der Waals surface area contributed by atoms with E-state index in [1.54, 1.807) is 20.8 Å². The molecule has 5 rings (SSSR count). The molecule has 0 amide bonds. The van der Waals surface area contributed by atoms with Crippen molar-refractivity contribution in [1.82, 2.24) is 0 Å². The Labute approximate surface area is 212 Å². The van der Waals surface area contributed by atoms with Crippen molar-refractivity contribution < 1.29 is 14.4 Å². The van der Waals surface area contributed by atoms with E-state index >= 15 is 0 Å². The molecule has 1 aromatic carbocycles. The maximum absolute atomic E-state index is 12.0. The van der Waals surface area contributed by atoms with Crippen LogP contribution in [0, 0.1) is 16.2 Å². The molecule has 0 N–H and O–H groups in total. The van der Waals surface area contributed by atoms with Crippen molar-refractivity contribution >= 4 is 66.6 Å². The van der Waals surface area contributed by atoms with E-state index in [1.165, 1.54) is 40.8 Å². The van der Waals surface area contributed by atoms with Crippen molar-refractivity contribution in [3.8, 4) is 0 Å². The lowest BCUT2D eigenvalue weighted by atomic mass is 9.35. The van der Waals surface area contributed by atoms with Gasteiger partial charge in [-0.25, -0.2) is 0 Å². The van der Waals surface area contributed by atoms with Gasteiger partial charge in [0.2, 0.25) is 0 Å². The lowest BCUT2D eigenvalue weighted by Crippen LogP contribution is -2.64. The number of thioether (sulfide) groups is 3. The largest absolute Gasteiger partial charge is 0.288 e. The predicted octanol–water partition coefficient (Wildman–Crippen LogP) is 6.87. The molecule has 0 unspecified atom stereocenters. The van der Waals surface area contributed by atoms with Crippen LogP contribution in [0.3, 0.4) is 0 Å². The average Bonchev–Trinajstić information content (AvgIpc) is 2.69. The number of carbonyl (C=O) groups excluding carboxylic acids is 3. The van der Waals surface area contributed by atoms with Crippen LogP contribution < -0.4 is 0 Å². The van der Waals surface area contributed by atoms with Gasteiger partial charge in [-0.3, -0.25) is 14.4 Å². The molecule has 0 spiro atoms. The van der Waals surface area contributed by atoms with Crippen molar-refractivity contribution in [2.45, 2.75) is 64.7 Å². The monoisotopic (exact) mass is 554 g/mol. The van der Waals surface area contributed by atoms with E-state index in [4.69, 9.17) is 0 Å². The zero-order chi connectivity index (χ0) is 23.2. The lowest BCUT2D eigenvalue weighted by Gasteiger charge is -2.71. The van der Waals surface area contributed by atoms with Crippen molar-refractivity contribution in [3.05, 3.63) is 34.3 Å². The molecule has 174 valence electrons. The molecule has 4 aliphatic rings. The molecule has 32 heavy (non-hydrogen) atoms. The standard InChI is InChI=1S/C25H31BrO3S3/c1-17(27)30-14-22-8-23(15-31-18(2)28)10-24(9-22,16-32-19(3)29)13-25(11-22,12-23)20-4-6-21(26)7-5-20/h4-7H,8-16H2,1-3H3. The van der Waals surface area contributed by atoms with Gasteiger partial charge in [0.1, 0.15) is 0 Å². The van der Waals surface area contributed by atoms with Gasteiger partial charge < -0.3 is 0 Å². The van der Waals surface area contributed by atoms with Crippen molar-refractivity contribution in [2.75, 3.05) is 17.3 Å². The van der Waals surface area contributed by atoms with E-state index in [-0.39, 0.29) is 37.0 Å². The summed E-state index contributed by atoms with van der Waals surface area (Å²) < 4.78 is 1.08. The average molecular weight is 556 g/mol. The van der Waals surface area contributed by atoms with Gasteiger partial charge in [0.25, 0.3) is 0 Å². The van der Waals surface area contributed by atoms with Crippen LogP contribution in [-0.2, 0) is 19.8 Å². The predicted molar refractivity (Wildman–Crippen MR) is 140 cm³/mol. The summed E-state index contributed by atoms with van der Waals surface area (Å²) in [5, 5.41) is 0.535. The number of hydrogen-bond donors (Lipinski definition) is 0. The van der Waals surface area contributed by atoms with Gasteiger partial charge in [0.05, 0.1) is 0 Å². The van der Waals surface area contributed by atoms with Crippen LogP contribution in [0.5, 0.6) is 0 Å². The summed E-state index contributed by atoms with van der Waals surface area (Å²) in [4.78, 5) is 35.9. The van der Waals surface area contributed by atoms with Gasteiger partial charge in [-0.2, -0.15) is 0 Å². The van der Waals surface area contributed by atoms with E-state index in [0.717, 1.165) is 60.3 Å². The molecule has 0 aromatic heterocycles. The fraction of sp³-hybridized carbons (Fsp3) is 0.640. The minimum absolute atomic E-state index is 0.0432. The van der Waals surface area contributed by atoms with Crippen molar-refractivity contribution in [3.63, 3.8) is 0 Å². The molecule has 4 aliphatic carbocycles. The van der Waals surface area contributed by atoms with Crippen LogP contribution in [0.15, 0.2) is 28.7 Å². The van der Waals surface area contributed by atoms with Crippen LogP contribution >= 0.6 is 51.2 Å². The maximum atomic E-state index is 12.0. The van der Waals surface area contributed by atoms with Crippen LogP contribution in [0.2, 0.25) is 0 Å². The molecule has 0 saturated heterocycles. The zero-order valence-electron chi connectivity index (χ0n) is 19.0. The van der Waals surface area contributed by atoms with Gasteiger partial charge in [0, 0.05) is 42.5 Å². The van der Waals surface area contributed by atoms with E-state index in [1.807, 2.05) is 0 Å². The highest BCUT2D eigenvalue weighted by Crippen LogP contribution is 2.75. The highest BCUT2D eigenvalue weighted by atomic mass is 79.9. The third-order valence-electron chi connectivity index (χ3n) is 7.59. The zero-order valence-corrected chi connectivity index (χ0v) is 23.0. The van der Waals surface area contributed by atoms with E-state index < -0.39 is 0 Å². The maximum Gasteiger partial charge on any atom is 0.185 e. The first-order valence-electron chi connectivity index (χ1n) is 11.2. The molecule has 0 atom stereocenters. The topological polar surface area (TPSA) is 51.2 Å². The van der Waals surface area contributed by atoms with Crippen LogP contribution in [0.25, 0.3) is 0 Å². The normalized spacial score (nSPS) is 35.1. The van der Waals surface area contributed by atoms with E-state index in [9.17, 15) is 14.4 Å². The number of carbonyl (C=O) groups is 3. The van der Waals surface area contributed by atoms with Gasteiger partial charge >= 0.3 is 0 Å². The summed E-state index contributed by atoms with van der Waals surface area (Å²) in [5.74, 6) is 2.54. The Hall–Kier alpha value is -0.240. The molecule has 1 aromatic rings. The van der Waals surface area contributed by atoms with Gasteiger partial charge in [-0.05, 0) is 77.9 Å². The fourth-order valence-corrected chi connectivity index (χ4v) is 10.3. The van der Waals surface area contributed by atoms with Crippen molar-refractivity contribution in [1.29, 1.82) is 0 Å². The first-order chi connectivity index (χ1) is 15.0. The van der Waals surface area contributed by atoms with Crippen LogP contribution in [-0.4, -0.2) is 32.6 Å². The number of rotatable bonds is 7. The Morgan fingerprint density at radius 1 is 0.688 bits per heavy atom. The minimum Gasteiger partial charge on any atom is -0.288 e. The molecule has 0 heterocycles. The molecule has 4 fully saturated rings. The van der Waals surface area contributed by atoms with E-state index in [2.05, 4.69) is 40.2 Å². The molecule has 0 aliphatic heterocycles. The van der Waals surface area contributed by atoms with Crippen LogP contribution in [0.4, 0.5) is 0 Å². The second-order valence-electron chi connectivity index (χ2n) is 10.7. The molecule has 7 heteroatoms. The first-order valence-corrected chi connectivity index (χ1v) is 14.9. The van der Waals surface area contributed by atoms with Crippen molar-refractivity contribution in [2.24, 2.45) is 16.2 Å². The lowest BCUT2D eigenvalue weighted by molar-refractivity contribution is -0.146. The molecule has 4 bridgehead atoms. The SMILES string of the molecule is CC(=O)SCC12CC3(CSC(C)=O)CC(CSC(C)=O)(C1)CC(c1ccc(Br)cc1)(C2)C3. The smallest absolute Gasteiger partial charge is 0.185 e. The highest BCUT2D eigenvalue weighted by molar-refractivity contribution is 9.10. The Morgan fingerprint density at radius 2 is 1.03 bits per heavy atom. The molecular weight excluding hydrogens is 524 g/mol. The third-order valence-corrected chi connectivity index (χ3v) is 11.6. The summed E-state index contributed by atoms with van der Waals surface area (Å²) >= 11 is 7.99. The summed E-state index contributed by atoms with van der Waals surface area (Å²) in [5.41, 5.74) is 1.65. The third kappa shape index (κ3) is 5.06. The highest BCUT2D eigenvalue weighted by Gasteiger charge is 2.68. The second kappa shape index (κ2) is 9.09. The first kappa shape index (κ1) is 24.9. The number of benzene rings is 1. The number of hydrogen-bond acceptors (Lipinski definition) is 6. The minimum atomic E-state index is 0.0432. The molecule has 4 saturated carbocycles. The molecular formula is C25H31BrO3S3. The summed E-state index contributed by atoms with van der Waals surface area (Å²) in [6.07, 6.45) is 6.56. The van der Waals surface area contributed by atoms with E-state index in [0.29, 0.717) is 0 Å². The summed E-state index contributed by atoms with van der Waals surface area (Å²) in [6.45, 7) is 5.00. The summed E-state index contributed by atoms with van der Waals surface area (Å²) in [6, 6.07) is 8.80. The van der Waals surface area contributed by atoms with Gasteiger partial charge in [-0.15, -0.1) is 0 Å². The fourth-order valence-electron chi connectivity index (χ4n) is 7.62. The van der Waals surface area contributed by atoms with Gasteiger partial charge in [-0.1, -0.05) is 63.3 Å².